The number of hydrogen-bond donors (Lipinski definition) is 1. The summed E-state index contributed by atoms with van der Waals surface area (Å²) in [5.41, 5.74) is 2.19. The van der Waals surface area contributed by atoms with E-state index in [1.165, 1.54) is 24.2 Å². The Morgan fingerprint density at radius 1 is 1.53 bits per heavy atom. The molecule has 1 N–H and O–H groups in total. The van der Waals surface area contributed by atoms with Crippen molar-refractivity contribution in [3.63, 3.8) is 0 Å². The lowest BCUT2D eigenvalue weighted by Crippen LogP contribution is -2.42. The summed E-state index contributed by atoms with van der Waals surface area (Å²) in [4.78, 5) is 4.54. The van der Waals surface area contributed by atoms with Gasteiger partial charge < -0.3 is 4.57 Å². The number of nitrogens with one attached hydrogen (secondary N) is 1. The minimum atomic E-state index is -0.458. The molecule has 0 radical (unpaired) electrons. The van der Waals surface area contributed by atoms with Gasteiger partial charge in [0.15, 0.2) is 0 Å². The zero-order valence-electron chi connectivity index (χ0n) is 12.2. The van der Waals surface area contributed by atoms with Crippen LogP contribution < -0.4 is 5.32 Å². The predicted octanol–water partition coefficient (Wildman–Crippen LogP) is 2.60. The minimum Gasteiger partial charge on any atom is -0.331 e. The first-order chi connectivity index (χ1) is 9.09. The van der Waals surface area contributed by atoms with Gasteiger partial charge in [-0.05, 0) is 52.5 Å². The van der Waals surface area contributed by atoms with Crippen LogP contribution in [0.15, 0.2) is 6.33 Å². The molecule has 104 valence electrons. The van der Waals surface area contributed by atoms with Crippen LogP contribution in [0.5, 0.6) is 0 Å². The van der Waals surface area contributed by atoms with Gasteiger partial charge in [-0.1, -0.05) is 6.92 Å². The van der Waals surface area contributed by atoms with Crippen LogP contribution in [0.3, 0.4) is 0 Å². The van der Waals surface area contributed by atoms with Crippen molar-refractivity contribution in [3.8, 4) is 6.07 Å². The zero-order valence-corrected chi connectivity index (χ0v) is 12.2. The Labute approximate surface area is 115 Å². The number of nitrogens with zero attached hydrogens (tertiary/aromatic N) is 3. The van der Waals surface area contributed by atoms with E-state index < -0.39 is 5.54 Å². The highest BCUT2D eigenvalue weighted by molar-refractivity contribution is 5.18. The van der Waals surface area contributed by atoms with Crippen molar-refractivity contribution < 1.29 is 0 Å². The Kier molecular flexibility index (Phi) is 4.26. The molecule has 2 atom stereocenters. The Balaban J connectivity index is 2.14. The number of nitriles is 1. The van der Waals surface area contributed by atoms with E-state index in [0.717, 1.165) is 25.8 Å². The fourth-order valence-electron chi connectivity index (χ4n) is 3.11. The number of rotatable bonds is 5. The Hall–Kier alpha value is -1.34. The average Bonchev–Trinajstić information content (AvgIpc) is 2.83. The molecule has 0 spiro atoms. The molecule has 0 saturated heterocycles. The smallest absolute Gasteiger partial charge is 0.105 e. The number of hydrogen-bond acceptors (Lipinski definition) is 3. The van der Waals surface area contributed by atoms with E-state index in [2.05, 4.69) is 27.9 Å². The van der Waals surface area contributed by atoms with Crippen molar-refractivity contribution in [1.29, 1.82) is 5.26 Å². The first-order valence-corrected chi connectivity index (χ1v) is 7.30. The summed E-state index contributed by atoms with van der Waals surface area (Å²) < 4.78 is 2.28. The molecule has 19 heavy (non-hydrogen) atoms. The number of aromatic nitrogens is 2. The molecule has 1 aliphatic carbocycles. The highest BCUT2D eigenvalue weighted by Gasteiger charge is 2.27. The van der Waals surface area contributed by atoms with Gasteiger partial charge in [0.25, 0.3) is 0 Å². The maximum atomic E-state index is 9.36. The van der Waals surface area contributed by atoms with Crippen LogP contribution in [0.2, 0.25) is 0 Å². The zero-order chi connectivity index (χ0) is 13.9. The first kappa shape index (κ1) is 14.1. The molecule has 1 heterocycles. The van der Waals surface area contributed by atoms with Crippen molar-refractivity contribution in [2.45, 2.75) is 64.5 Å². The molecule has 2 unspecified atom stereocenters. The highest BCUT2D eigenvalue weighted by Crippen LogP contribution is 2.27. The van der Waals surface area contributed by atoms with Gasteiger partial charge in [-0.3, -0.25) is 5.32 Å². The summed E-state index contributed by atoms with van der Waals surface area (Å²) in [5.74, 6) is 0. The third-order valence-corrected chi connectivity index (χ3v) is 4.05. The van der Waals surface area contributed by atoms with Gasteiger partial charge in [-0.15, -0.1) is 0 Å². The number of fused-ring (bicyclic) bond motifs is 1. The molecule has 0 saturated carbocycles. The van der Waals surface area contributed by atoms with E-state index in [1.54, 1.807) is 0 Å². The molecule has 0 aliphatic heterocycles. The monoisotopic (exact) mass is 260 g/mol. The lowest BCUT2D eigenvalue weighted by Gasteiger charge is -2.28. The fraction of sp³-hybridized carbons (Fsp3) is 0.733. The lowest BCUT2D eigenvalue weighted by atomic mass is 9.94. The molecule has 0 amide bonds. The average molecular weight is 260 g/mol. The van der Waals surface area contributed by atoms with Crippen molar-refractivity contribution in [2.75, 3.05) is 6.54 Å². The summed E-state index contributed by atoms with van der Waals surface area (Å²) in [5, 5.41) is 12.7. The van der Waals surface area contributed by atoms with Crippen molar-refractivity contribution in [2.24, 2.45) is 0 Å². The second-order valence-electron chi connectivity index (χ2n) is 5.78. The summed E-state index contributed by atoms with van der Waals surface area (Å²) in [6, 6.07) is 2.71. The summed E-state index contributed by atoms with van der Waals surface area (Å²) in [7, 11) is 0. The Morgan fingerprint density at radius 2 is 2.26 bits per heavy atom. The molecule has 0 bridgehead atoms. The van der Waals surface area contributed by atoms with Crippen LogP contribution in [0.4, 0.5) is 0 Å². The van der Waals surface area contributed by atoms with E-state index in [9.17, 15) is 5.26 Å². The highest BCUT2D eigenvalue weighted by atomic mass is 15.1. The second-order valence-corrected chi connectivity index (χ2v) is 5.78. The van der Waals surface area contributed by atoms with Gasteiger partial charge in [0.2, 0.25) is 0 Å². The van der Waals surface area contributed by atoms with Crippen LogP contribution in [0.1, 0.15) is 57.5 Å². The van der Waals surface area contributed by atoms with Gasteiger partial charge in [0, 0.05) is 11.7 Å². The van der Waals surface area contributed by atoms with E-state index in [0.29, 0.717) is 6.04 Å². The molecule has 4 nitrogen and oxygen atoms in total. The Morgan fingerprint density at radius 3 is 2.95 bits per heavy atom. The summed E-state index contributed by atoms with van der Waals surface area (Å²) in [6.45, 7) is 7.03. The molecule has 0 fully saturated rings. The summed E-state index contributed by atoms with van der Waals surface area (Å²) >= 11 is 0. The van der Waals surface area contributed by atoms with Crippen LogP contribution in [0.25, 0.3) is 0 Å². The van der Waals surface area contributed by atoms with Crippen molar-refractivity contribution in [1.82, 2.24) is 14.9 Å². The maximum Gasteiger partial charge on any atom is 0.105 e. The molecule has 1 aromatic heterocycles. The van der Waals surface area contributed by atoms with Gasteiger partial charge >= 0.3 is 0 Å². The molecular formula is C15H24N4. The minimum absolute atomic E-state index is 0.304. The van der Waals surface area contributed by atoms with Gasteiger partial charge in [-0.2, -0.15) is 5.26 Å². The fourth-order valence-corrected chi connectivity index (χ4v) is 3.11. The van der Waals surface area contributed by atoms with Crippen LogP contribution in [-0.2, 0) is 12.8 Å². The number of aryl methyl sites for hydroxylation is 1. The standard InChI is InChI=1S/C15H24N4/c1-4-18-15(3,10-16)9-12(2)19-11-17-13-7-5-6-8-14(13)19/h11-12,18H,4-9H2,1-3H3. The SMILES string of the molecule is CCNC(C)(C#N)CC(C)n1cnc2c1CCCC2. The lowest BCUT2D eigenvalue weighted by molar-refractivity contribution is 0.348. The maximum absolute atomic E-state index is 9.36. The molecule has 4 heteroatoms. The van der Waals surface area contributed by atoms with Gasteiger partial charge in [0.05, 0.1) is 18.1 Å². The summed E-state index contributed by atoms with van der Waals surface area (Å²) in [6.07, 6.45) is 7.52. The van der Waals surface area contributed by atoms with Gasteiger partial charge in [0.1, 0.15) is 5.54 Å². The first-order valence-electron chi connectivity index (χ1n) is 7.30. The molecule has 1 aromatic rings. The largest absolute Gasteiger partial charge is 0.331 e. The number of imidazole rings is 1. The van der Waals surface area contributed by atoms with Crippen molar-refractivity contribution in [3.05, 3.63) is 17.7 Å². The molecular weight excluding hydrogens is 236 g/mol. The van der Waals surface area contributed by atoms with E-state index >= 15 is 0 Å². The van der Waals surface area contributed by atoms with Crippen molar-refractivity contribution >= 4 is 0 Å². The molecule has 0 aromatic carbocycles. The van der Waals surface area contributed by atoms with E-state index in [1.807, 2.05) is 20.2 Å². The van der Waals surface area contributed by atoms with Crippen LogP contribution in [-0.4, -0.2) is 21.6 Å². The topological polar surface area (TPSA) is 53.6 Å². The molecule has 1 aliphatic rings. The second kappa shape index (κ2) is 5.75. The quantitative estimate of drug-likeness (QED) is 0.885. The predicted molar refractivity (Wildman–Crippen MR) is 75.9 cm³/mol. The molecule has 2 rings (SSSR count). The Bertz CT molecular complexity index is 471. The van der Waals surface area contributed by atoms with Crippen LogP contribution >= 0.6 is 0 Å². The van der Waals surface area contributed by atoms with Gasteiger partial charge in [-0.25, -0.2) is 4.98 Å². The van der Waals surface area contributed by atoms with E-state index in [4.69, 9.17) is 0 Å². The normalized spacial score (nSPS) is 19.3. The third kappa shape index (κ3) is 2.98. The van der Waals surface area contributed by atoms with E-state index in [-0.39, 0.29) is 0 Å². The third-order valence-electron chi connectivity index (χ3n) is 4.05. The van der Waals surface area contributed by atoms with Crippen LogP contribution in [0, 0.1) is 11.3 Å².